The minimum Gasteiger partial charge on any atom is -0.481 e. The number of carboxylic acids is 1. The summed E-state index contributed by atoms with van der Waals surface area (Å²) < 4.78 is 0. The molecule has 0 saturated carbocycles. The smallest absolute Gasteiger partial charge is 0.303 e. The minimum atomic E-state index is -0.743. The molecule has 4 heteroatoms. The number of carboxylic acid groups (broad SMARTS) is 1. The van der Waals surface area contributed by atoms with Gasteiger partial charge in [-0.2, -0.15) is 0 Å². The molecule has 1 amide bonds. The van der Waals surface area contributed by atoms with E-state index in [1.54, 1.807) is 0 Å². The van der Waals surface area contributed by atoms with Gasteiger partial charge in [-0.1, -0.05) is 27.2 Å². The van der Waals surface area contributed by atoms with Crippen LogP contribution in [0.1, 0.15) is 52.9 Å². The van der Waals surface area contributed by atoms with E-state index in [4.69, 9.17) is 5.11 Å². The largest absolute Gasteiger partial charge is 0.481 e. The lowest BCUT2D eigenvalue weighted by atomic mass is 9.96. The highest BCUT2D eigenvalue weighted by Gasteiger charge is 2.10. The van der Waals surface area contributed by atoms with Crippen molar-refractivity contribution in [2.24, 2.45) is 11.8 Å². The Balaban J connectivity index is 3.68. The molecular formula is C13H25NO3. The van der Waals surface area contributed by atoms with Crippen LogP contribution in [0, 0.1) is 11.8 Å². The molecule has 100 valence electrons. The lowest BCUT2D eigenvalue weighted by Crippen LogP contribution is -2.26. The van der Waals surface area contributed by atoms with Crippen molar-refractivity contribution in [3.63, 3.8) is 0 Å². The summed E-state index contributed by atoms with van der Waals surface area (Å²) in [4.78, 5) is 21.8. The number of carbonyl (C=O) groups excluding carboxylic acids is 1. The van der Waals surface area contributed by atoms with Gasteiger partial charge in [0.05, 0.1) is 0 Å². The molecular weight excluding hydrogens is 218 g/mol. The molecule has 0 aromatic carbocycles. The highest BCUT2D eigenvalue weighted by Crippen LogP contribution is 2.14. The van der Waals surface area contributed by atoms with Crippen LogP contribution in [0.25, 0.3) is 0 Å². The summed E-state index contributed by atoms with van der Waals surface area (Å²) in [6.07, 6.45) is 3.32. The van der Waals surface area contributed by atoms with Gasteiger partial charge in [-0.3, -0.25) is 9.59 Å². The lowest BCUT2D eigenvalue weighted by molar-refractivity contribution is -0.137. The van der Waals surface area contributed by atoms with Crippen molar-refractivity contribution in [3.05, 3.63) is 0 Å². The predicted molar refractivity (Wildman–Crippen MR) is 67.7 cm³/mol. The van der Waals surface area contributed by atoms with Crippen LogP contribution < -0.4 is 5.32 Å². The Morgan fingerprint density at radius 2 is 1.88 bits per heavy atom. The molecule has 0 rings (SSSR count). The van der Waals surface area contributed by atoms with E-state index in [1.807, 2.05) is 13.8 Å². The molecule has 0 aliphatic rings. The summed E-state index contributed by atoms with van der Waals surface area (Å²) in [5.41, 5.74) is 0. The third-order valence-corrected chi connectivity index (χ3v) is 2.81. The van der Waals surface area contributed by atoms with Crippen LogP contribution in [0.5, 0.6) is 0 Å². The molecule has 0 saturated heterocycles. The molecule has 0 radical (unpaired) electrons. The summed E-state index contributed by atoms with van der Waals surface area (Å²) in [6.45, 7) is 6.74. The van der Waals surface area contributed by atoms with Crippen LogP contribution in [0.4, 0.5) is 0 Å². The van der Waals surface area contributed by atoms with Crippen LogP contribution in [0.2, 0.25) is 0 Å². The number of aliphatic carboxylic acids is 1. The molecule has 0 heterocycles. The summed E-state index contributed by atoms with van der Waals surface area (Å²) >= 11 is 0. The summed E-state index contributed by atoms with van der Waals surface area (Å²) in [5.74, 6) is 0.120. The molecule has 0 bridgehead atoms. The molecule has 0 aliphatic heterocycles. The molecule has 0 aliphatic carbocycles. The molecule has 4 nitrogen and oxygen atoms in total. The van der Waals surface area contributed by atoms with Crippen LogP contribution >= 0.6 is 0 Å². The Morgan fingerprint density at radius 1 is 1.24 bits per heavy atom. The fourth-order valence-corrected chi connectivity index (χ4v) is 1.74. The van der Waals surface area contributed by atoms with Gasteiger partial charge in [0.15, 0.2) is 0 Å². The van der Waals surface area contributed by atoms with Crippen molar-refractivity contribution in [1.82, 2.24) is 5.32 Å². The van der Waals surface area contributed by atoms with Crippen molar-refractivity contribution in [1.29, 1.82) is 0 Å². The van der Waals surface area contributed by atoms with Gasteiger partial charge < -0.3 is 10.4 Å². The second-order valence-corrected chi connectivity index (χ2v) is 4.94. The van der Waals surface area contributed by atoms with E-state index in [2.05, 4.69) is 12.2 Å². The molecule has 17 heavy (non-hydrogen) atoms. The first kappa shape index (κ1) is 15.9. The second kappa shape index (κ2) is 9.02. The zero-order valence-electron chi connectivity index (χ0n) is 11.2. The van der Waals surface area contributed by atoms with E-state index < -0.39 is 5.97 Å². The first-order valence-corrected chi connectivity index (χ1v) is 6.44. The third-order valence-electron chi connectivity index (χ3n) is 2.81. The van der Waals surface area contributed by atoms with Crippen molar-refractivity contribution in [2.75, 3.05) is 6.54 Å². The molecule has 1 unspecified atom stereocenters. The van der Waals surface area contributed by atoms with Crippen molar-refractivity contribution in [3.8, 4) is 0 Å². The van der Waals surface area contributed by atoms with E-state index in [9.17, 15) is 9.59 Å². The Hall–Kier alpha value is -1.06. The SMILES string of the molecule is CCC(CCNC(=O)CC(C)C)CCC(=O)O. The fraction of sp³-hybridized carbons (Fsp3) is 0.846. The highest BCUT2D eigenvalue weighted by atomic mass is 16.4. The number of nitrogens with one attached hydrogen (secondary N) is 1. The molecule has 0 spiro atoms. The van der Waals surface area contributed by atoms with E-state index in [0.717, 1.165) is 12.8 Å². The number of amides is 1. The first-order valence-electron chi connectivity index (χ1n) is 6.44. The van der Waals surface area contributed by atoms with Gasteiger partial charge in [0.2, 0.25) is 5.91 Å². The third kappa shape index (κ3) is 9.85. The summed E-state index contributed by atoms with van der Waals surface area (Å²) in [5, 5.41) is 11.5. The normalized spacial score (nSPS) is 12.5. The number of carbonyl (C=O) groups is 2. The summed E-state index contributed by atoms with van der Waals surface area (Å²) in [7, 11) is 0. The van der Waals surface area contributed by atoms with Gasteiger partial charge in [0.25, 0.3) is 0 Å². The predicted octanol–water partition coefficient (Wildman–Crippen LogP) is 2.43. The van der Waals surface area contributed by atoms with Gasteiger partial charge in [0.1, 0.15) is 0 Å². The standard InChI is InChI=1S/C13H25NO3/c1-4-11(5-6-13(16)17)7-8-14-12(15)9-10(2)3/h10-11H,4-9H2,1-3H3,(H,14,15)(H,16,17). The number of hydrogen-bond acceptors (Lipinski definition) is 2. The quantitative estimate of drug-likeness (QED) is 0.653. The maximum absolute atomic E-state index is 11.4. The Labute approximate surface area is 104 Å². The monoisotopic (exact) mass is 243 g/mol. The second-order valence-electron chi connectivity index (χ2n) is 4.94. The van der Waals surface area contributed by atoms with E-state index in [1.165, 1.54) is 0 Å². The number of hydrogen-bond donors (Lipinski definition) is 2. The minimum absolute atomic E-state index is 0.0908. The fourth-order valence-electron chi connectivity index (χ4n) is 1.74. The Morgan fingerprint density at radius 3 is 2.35 bits per heavy atom. The maximum Gasteiger partial charge on any atom is 0.303 e. The zero-order chi connectivity index (χ0) is 13.3. The van der Waals surface area contributed by atoms with Gasteiger partial charge in [-0.25, -0.2) is 0 Å². The average Bonchev–Trinajstić information content (AvgIpc) is 2.21. The van der Waals surface area contributed by atoms with Gasteiger partial charge in [-0.05, 0) is 24.7 Å². The van der Waals surface area contributed by atoms with E-state index in [0.29, 0.717) is 31.2 Å². The Kier molecular flexibility index (Phi) is 8.46. The van der Waals surface area contributed by atoms with E-state index in [-0.39, 0.29) is 12.3 Å². The van der Waals surface area contributed by atoms with Crippen LogP contribution in [0.3, 0.4) is 0 Å². The molecule has 2 N–H and O–H groups in total. The van der Waals surface area contributed by atoms with Crippen molar-refractivity contribution in [2.45, 2.75) is 52.9 Å². The maximum atomic E-state index is 11.4. The van der Waals surface area contributed by atoms with Crippen LogP contribution in [-0.4, -0.2) is 23.5 Å². The molecule has 1 atom stereocenters. The van der Waals surface area contributed by atoms with Crippen LogP contribution in [-0.2, 0) is 9.59 Å². The van der Waals surface area contributed by atoms with E-state index >= 15 is 0 Å². The molecule has 0 aromatic rings. The topological polar surface area (TPSA) is 66.4 Å². The molecule has 0 aromatic heterocycles. The van der Waals surface area contributed by atoms with Crippen molar-refractivity contribution >= 4 is 11.9 Å². The molecule has 0 fully saturated rings. The average molecular weight is 243 g/mol. The van der Waals surface area contributed by atoms with Crippen molar-refractivity contribution < 1.29 is 14.7 Å². The summed E-state index contributed by atoms with van der Waals surface area (Å²) in [6, 6.07) is 0. The van der Waals surface area contributed by atoms with Gasteiger partial charge in [-0.15, -0.1) is 0 Å². The Bertz CT molecular complexity index is 239. The highest BCUT2D eigenvalue weighted by molar-refractivity contribution is 5.75. The number of rotatable bonds is 9. The first-order chi connectivity index (χ1) is 7.95. The van der Waals surface area contributed by atoms with Gasteiger partial charge >= 0.3 is 5.97 Å². The lowest BCUT2D eigenvalue weighted by Gasteiger charge is -2.14. The van der Waals surface area contributed by atoms with Crippen LogP contribution in [0.15, 0.2) is 0 Å². The van der Waals surface area contributed by atoms with Gasteiger partial charge in [0, 0.05) is 19.4 Å². The zero-order valence-corrected chi connectivity index (χ0v) is 11.2.